The van der Waals surface area contributed by atoms with Crippen molar-refractivity contribution in [1.29, 1.82) is 0 Å². The summed E-state index contributed by atoms with van der Waals surface area (Å²) < 4.78 is 11.6. The van der Waals surface area contributed by atoms with Crippen LogP contribution < -0.4 is 4.74 Å². The SMILES string of the molecule is CC1Cc2cc(C(Br)CCC3CCCCO3)ccc2O1. The molecule has 0 aliphatic carbocycles. The van der Waals surface area contributed by atoms with Crippen molar-refractivity contribution in [2.75, 3.05) is 6.61 Å². The lowest BCUT2D eigenvalue weighted by atomic mass is 9.99. The number of ether oxygens (including phenoxy) is 2. The summed E-state index contributed by atoms with van der Waals surface area (Å²) >= 11 is 3.84. The van der Waals surface area contributed by atoms with Crippen LogP contribution in [-0.4, -0.2) is 18.8 Å². The van der Waals surface area contributed by atoms with Crippen LogP contribution in [0.15, 0.2) is 18.2 Å². The Bertz CT molecular complexity index is 454. The van der Waals surface area contributed by atoms with E-state index in [4.69, 9.17) is 9.47 Å². The van der Waals surface area contributed by atoms with Gasteiger partial charge in [-0.2, -0.15) is 0 Å². The molecule has 1 aromatic rings. The first-order chi connectivity index (χ1) is 9.72. The molecule has 0 spiro atoms. The molecule has 3 rings (SSSR count). The van der Waals surface area contributed by atoms with Gasteiger partial charge in [0.2, 0.25) is 0 Å². The molecule has 2 aliphatic heterocycles. The standard InChI is InChI=1S/C17H23BrO2/c1-12-10-14-11-13(5-8-17(14)20-12)16(18)7-6-15-4-2-3-9-19-15/h5,8,11-12,15-16H,2-4,6-7,9-10H2,1H3. The van der Waals surface area contributed by atoms with Gasteiger partial charge in [0.15, 0.2) is 0 Å². The Hall–Kier alpha value is -0.540. The van der Waals surface area contributed by atoms with Gasteiger partial charge in [0.05, 0.1) is 6.10 Å². The molecule has 0 N–H and O–H groups in total. The van der Waals surface area contributed by atoms with Crippen LogP contribution in [0.5, 0.6) is 5.75 Å². The molecule has 1 aromatic carbocycles. The number of alkyl halides is 1. The second kappa shape index (κ2) is 6.48. The second-order valence-electron chi connectivity index (χ2n) is 6.03. The first-order valence-corrected chi connectivity index (χ1v) is 8.69. The molecule has 2 aliphatic rings. The molecular formula is C17H23BrO2. The number of benzene rings is 1. The average Bonchev–Trinajstić information content (AvgIpc) is 2.85. The Morgan fingerprint density at radius 3 is 3.05 bits per heavy atom. The molecule has 20 heavy (non-hydrogen) atoms. The first-order valence-electron chi connectivity index (χ1n) is 7.77. The minimum atomic E-state index is 0.324. The van der Waals surface area contributed by atoms with Crippen molar-refractivity contribution in [3.63, 3.8) is 0 Å². The first kappa shape index (κ1) is 14.4. The Balaban J connectivity index is 1.57. The van der Waals surface area contributed by atoms with E-state index in [1.165, 1.54) is 30.4 Å². The van der Waals surface area contributed by atoms with Crippen LogP contribution in [-0.2, 0) is 11.2 Å². The monoisotopic (exact) mass is 338 g/mol. The summed E-state index contributed by atoms with van der Waals surface area (Å²) in [5.74, 6) is 1.07. The van der Waals surface area contributed by atoms with Crippen molar-refractivity contribution >= 4 is 15.9 Å². The second-order valence-corrected chi connectivity index (χ2v) is 7.14. The van der Waals surface area contributed by atoms with E-state index in [9.17, 15) is 0 Å². The maximum absolute atomic E-state index is 5.81. The van der Waals surface area contributed by atoms with Crippen LogP contribution >= 0.6 is 15.9 Å². The van der Waals surface area contributed by atoms with E-state index in [0.29, 0.717) is 17.0 Å². The van der Waals surface area contributed by atoms with E-state index in [1.807, 2.05) is 0 Å². The van der Waals surface area contributed by atoms with Crippen LogP contribution in [0.1, 0.15) is 55.0 Å². The predicted octanol–water partition coefficient (Wildman–Crippen LogP) is 4.80. The summed E-state index contributed by atoms with van der Waals surface area (Å²) in [7, 11) is 0. The quantitative estimate of drug-likeness (QED) is 0.734. The highest BCUT2D eigenvalue weighted by atomic mass is 79.9. The molecule has 110 valence electrons. The van der Waals surface area contributed by atoms with Gasteiger partial charge in [0.25, 0.3) is 0 Å². The molecule has 1 saturated heterocycles. The molecule has 0 radical (unpaired) electrons. The van der Waals surface area contributed by atoms with Gasteiger partial charge in [-0.1, -0.05) is 28.1 Å². The van der Waals surface area contributed by atoms with Crippen molar-refractivity contribution in [2.24, 2.45) is 0 Å². The van der Waals surface area contributed by atoms with Gasteiger partial charge in [0, 0.05) is 17.9 Å². The summed E-state index contributed by atoms with van der Waals surface area (Å²) in [6.07, 6.45) is 7.92. The van der Waals surface area contributed by atoms with Gasteiger partial charge < -0.3 is 9.47 Å². The Morgan fingerprint density at radius 1 is 1.35 bits per heavy atom. The molecule has 0 amide bonds. The van der Waals surface area contributed by atoms with Crippen molar-refractivity contribution in [2.45, 2.75) is 62.5 Å². The predicted molar refractivity (Wildman–Crippen MR) is 84.7 cm³/mol. The molecule has 0 bridgehead atoms. The maximum atomic E-state index is 5.81. The Morgan fingerprint density at radius 2 is 2.25 bits per heavy atom. The van der Waals surface area contributed by atoms with Crippen LogP contribution in [0, 0.1) is 0 Å². The highest BCUT2D eigenvalue weighted by Crippen LogP contribution is 2.35. The summed E-state index contributed by atoms with van der Waals surface area (Å²) in [6, 6.07) is 6.62. The van der Waals surface area contributed by atoms with E-state index >= 15 is 0 Å². The number of fused-ring (bicyclic) bond motifs is 1. The number of hydrogen-bond acceptors (Lipinski definition) is 2. The average molecular weight is 339 g/mol. The molecule has 3 unspecified atom stereocenters. The summed E-state index contributed by atoms with van der Waals surface area (Å²) in [5.41, 5.74) is 2.73. The van der Waals surface area contributed by atoms with E-state index in [0.717, 1.165) is 31.6 Å². The fourth-order valence-electron chi connectivity index (χ4n) is 3.17. The maximum Gasteiger partial charge on any atom is 0.123 e. The van der Waals surface area contributed by atoms with Gasteiger partial charge in [-0.05, 0) is 56.2 Å². The van der Waals surface area contributed by atoms with E-state index < -0.39 is 0 Å². The van der Waals surface area contributed by atoms with Gasteiger partial charge in [-0.25, -0.2) is 0 Å². The highest BCUT2D eigenvalue weighted by Gasteiger charge is 2.21. The van der Waals surface area contributed by atoms with Crippen molar-refractivity contribution in [3.8, 4) is 5.75 Å². The van der Waals surface area contributed by atoms with E-state index in [1.54, 1.807) is 0 Å². The normalized spacial score (nSPS) is 26.9. The van der Waals surface area contributed by atoms with Gasteiger partial charge in [-0.3, -0.25) is 0 Å². The molecule has 1 fully saturated rings. The lowest BCUT2D eigenvalue weighted by molar-refractivity contribution is 0.0102. The molecule has 2 nitrogen and oxygen atoms in total. The van der Waals surface area contributed by atoms with Crippen LogP contribution in [0.25, 0.3) is 0 Å². The number of rotatable bonds is 4. The van der Waals surface area contributed by atoms with Gasteiger partial charge >= 0.3 is 0 Å². The third-order valence-electron chi connectivity index (χ3n) is 4.30. The molecule has 3 atom stereocenters. The van der Waals surface area contributed by atoms with Crippen LogP contribution in [0.3, 0.4) is 0 Å². The number of halogens is 1. The number of hydrogen-bond donors (Lipinski definition) is 0. The largest absolute Gasteiger partial charge is 0.490 e. The third kappa shape index (κ3) is 3.37. The minimum Gasteiger partial charge on any atom is -0.490 e. The van der Waals surface area contributed by atoms with Crippen molar-refractivity contribution in [1.82, 2.24) is 0 Å². The minimum absolute atomic E-state index is 0.324. The molecular weight excluding hydrogens is 316 g/mol. The third-order valence-corrected chi connectivity index (χ3v) is 5.28. The Kier molecular flexibility index (Phi) is 4.67. The molecule has 2 heterocycles. The zero-order chi connectivity index (χ0) is 13.9. The molecule has 0 saturated carbocycles. The van der Waals surface area contributed by atoms with Crippen LogP contribution in [0.2, 0.25) is 0 Å². The summed E-state index contributed by atoms with van der Waals surface area (Å²) in [4.78, 5) is 0.425. The zero-order valence-electron chi connectivity index (χ0n) is 12.1. The van der Waals surface area contributed by atoms with Crippen molar-refractivity contribution < 1.29 is 9.47 Å². The smallest absolute Gasteiger partial charge is 0.123 e. The lowest BCUT2D eigenvalue weighted by Gasteiger charge is -2.23. The van der Waals surface area contributed by atoms with Crippen LogP contribution in [0.4, 0.5) is 0 Å². The van der Waals surface area contributed by atoms with E-state index in [-0.39, 0.29) is 0 Å². The zero-order valence-corrected chi connectivity index (χ0v) is 13.7. The van der Waals surface area contributed by atoms with Gasteiger partial charge in [-0.15, -0.1) is 0 Å². The fourth-order valence-corrected chi connectivity index (χ4v) is 3.72. The van der Waals surface area contributed by atoms with Gasteiger partial charge in [0.1, 0.15) is 11.9 Å². The van der Waals surface area contributed by atoms with E-state index in [2.05, 4.69) is 41.1 Å². The topological polar surface area (TPSA) is 18.5 Å². The molecule has 0 aromatic heterocycles. The summed E-state index contributed by atoms with van der Waals surface area (Å²) in [6.45, 7) is 3.08. The summed E-state index contributed by atoms with van der Waals surface area (Å²) in [5, 5.41) is 0. The van der Waals surface area contributed by atoms with Crippen molar-refractivity contribution in [3.05, 3.63) is 29.3 Å². The fraction of sp³-hybridized carbons (Fsp3) is 0.647. The highest BCUT2D eigenvalue weighted by molar-refractivity contribution is 9.09. The Labute approximate surface area is 130 Å². The molecule has 3 heteroatoms. The lowest BCUT2D eigenvalue weighted by Crippen LogP contribution is -2.19.